The molecule has 158 valence electrons. The minimum Gasteiger partial charge on any atom is -0.369 e. The van der Waals surface area contributed by atoms with Gasteiger partial charge in [0, 0.05) is 12.3 Å². The highest BCUT2D eigenvalue weighted by atomic mass is 31.1. The fraction of sp³-hybridized carbons (Fsp3) is 0.708. The number of rotatable bonds is 5. The second-order valence-corrected chi connectivity index (χ2v) is 11.3. The molecule has 0 aromatic heterocycles. The average molecular weight is 417 g/mol. The lowest BCUT2D eigenvalue weighted by Crippen LogP contribution is -2.48. The molecule has 0 aromatic rings. The minimum atomic E-state index is -2.22. The summed E-state index contributed by atoms with van der Waals surface area (Å²) in [6.45, 7) is 6.84. The molecule has 29 heavy (non-hydrogen) atoms. The molecule has 0 aromatic carbocycles. The van der Waals surface area contributed by atoms with E-state index < -0.39 is 8.03 Å². The Kier molecular flexibility index (Phi) is 5.40. The number of carbonyl (C=O) groups excluding carboxylic acids is 1. The van der Waals surface area contributed by atoms with Crippen LogP contribution in [0.1, 0.15) is 65.7 Å². The molecule has 4 aliphatic carbocycles. The molecule has 5 heteroatoms. The Hall–Kier alpha value is -1.25. The van der Waals surface area contributed by atoms with Gasteiger partial charge in [0.1, 0.15) is 0 Å². The van der Waals surface area contributed by atoms with Gasteiger partial charge in [0.15, 0.2) is 0 Å². The van der Waals surface area contributed by atoms with Crippen molar-refractivity contribution in [3.8, 4) is 0 Å². The van der Waals surface area contributed by atoms with Crippen molar-refractivity contribution in [1.29, 1.82) is 0 Å². The van der Waals surface area contributed by atoms with Crippen molar-refractivity contribution >= 4 is 13.9 Å². The lowest BCUT2D eigenvalue weighted by Gasteiger charge is -2.54. The van der Waals surface area contributed by atoms with Gasteiger partial charge in [0.2, 0.25) is 11.2 Å². The van der Waals surface area contributed by atoms with Crippen LogP contribution < -0.4 is 5.73 Å². The molecule has 0 spiro atoms. The first-order valence-corrected chi connectivity index (χ1v) is 12.5. The maximum absolute atomic E-state index is 12.2. The molecule has 4 nitrogen and oxygen atoms in total. The van der Waals surface area contributed by atoms with E-state index in [4.69, 9.17) is 5.73 Å². The van der Waals surface area contributed by atoms with Crippen molar-refractivity contribution in [3.05, 3.63) is 35.2 Å². The number of carbonyl (C=O) groups is 1. The van der Waals surface area contributed by atoms with Crippen LogP contribution in [0.25, 0.3) is 0 Å². The van der Waals surface area contributed by atoms with E-state index >= 15 is 0 Å². The van der Waals surface area contributed by atoms with E-state index in [2.05, 4.69) is 39.0 Å². The van der Waals surface area contributed by atoms with E-state index in [1.807, 2.05) is 6.08 Å². The first kappa shape index (κ1) is 21.0. The van der Waals surface area contributed by atoms with E-state index in [0.29, 0.717) is 35.4 Å². The van der Waals surface area contributed by atoms with Crippen LogP contribution >= 0.6 is 8.03 Å². The number of fused-ring (bicyclic) bond motifs is 5. The second kappa shape index (κ2) is 7.46. The first-order chi connectivity index (χ1) is 13.7. The topological polar surface area (TPSA) is 80.4 Å². The van der Waals surface area contributed by atoms with E-state index in [0.717, 1.165) is 32.1 Å². The summed E-state index contributed by atoms with van der Waals surface area (Å²) in [5, 5.41) is 0.691. The van der Waals surface area contributed by atoms with Crippen molar-refractivity contribution in [3.63, 3.8) is 0 Å². The number of primary amides is 1. The molecule has 1 fully saturated rings. The molecule has 0 heterocycles. The summed E-state index contributed by atoms with van der Waals surface area (Å²) in [5.74, 6) is 1.81. The molecule has 0 saturated heterocycles. The van der Waals surface area contributed by atoms with Crippen molar-refractivity contribution in [2.24, 2.45) is 46.2 Å². The summed E-state index contributed by atoms with van der Waals surface area (Å²) in [6, 6.07) is 0. The van der Waals surface area contributed by atoms with Crippen LogP contribution in [0.2, 0.25) is 0 Å². The summed E-state index contributed by atoms with van der Waals surface area (Å²) < 4.78 is 11.6. The SMILES string of the molecule is CCCC(C(N)=O)C1CC[C@H]2[C@@H]3CC=C4C=C([P+](=O)O)CC[C@]4(C)[C@@H]3C=C[C@]12C. The van der Waals surface area contributed by atoms with Gasteiger partial charge in [-0.05, 0) is 82.8 Å². The van der Waals surface area contributed by atoms with Gasteiger partial charge in [-0.2, -0.15) is 4.89 Å². The van der Waals surface area contributed by atoms with Gasteiger partial charge >= 0.3 is 8.03 Å². The fourth-order valence-electron chi connectivity index (χ4n) is 7.38. The molecule has 4 rings (SSSR count). The Morgan fingerprint density at radius 1 is 1.38 bits per heavy atom. The van der Waals surface area contributed by atoms with Crippen LogP contribution in [0.3, 0.4) is 0 Å². The van der Waals surface area contributed by atoms with E-state index in [-0.39, 0.29) is 22.7 Å². The fourth-order valence-corrected chi connectivity index (χ4v) is 7.93. The molecule has 4 aliphatic rings. The normalized spacial score (nSPS) is 42.1. The predicted molar refractivity (Wildman–Crippen MR) is 116 cm³/mol. The third-order valence-corrected chi connectivity index (χ3v) is 9.80. The van der Waals surface area contributed by atoms with Crippen LogP contribution in [0.5, 0.6) is 0 Å². The number of nitrogens with two attached hydrogens (primary N) is 1. The van der Waals surface area contributed by atoms with Crippen molar-refractivity contribution in [1.82, 2.24) is 0 Å². The van der Waals surface area contributed by atoms with Gasteiger partial charge in [-0.15, -0.1) is 0 Å². The largest absolute Gasteiger partial charge is 0.541 e. The summed E-state index contributed by atoms with van der Waals surface area (Å²) in [6.07, 6.45) is 16.0. The smallest absolute Gasteiger partial charge is 0.369 e. The molecule has 3 unspecified atom stereocenters. The zero-order chi connectivity index (χ0) is 21.0. The van der Waals surface area contributed by atoms with E-state index in [9.17, 15) is 14.3 Å². The lowest BCUT2D eigenvalue weighted by molar-refractivity contribution is -0.125. The van der Waals surface area contributed by atoms with Crippen molar-refractivity contribution < 1.29 is 14.3 Å². The molecule has 8 atom stereocenters. The molecule has 1 amide bonds. The van der Waals surface area contributed by atoms with Gasteiger partial charge in [0.25, 0.3) is 0 Å². The van der Waals surface area contributed by atoms with Gasteiger partial charge in [0.05, 0.1) is 0 Å². The monoisotopic (exact) mass is 416 g/mol. The highest BCUT2D eigenvalue weighted by Gasteiger charge is 2.58. The maximum atomic E-state index is 12.2. The number of hydrogen-bond donors (Lipinski definition) is 2. The summed E-state index contributed by atoms with van der Waals surface area (Å²) >= 11 is 0. The Morgan fingerprint density at radius 2 is 2.14 bits per heavy atom. The highest BCUT2D eigenvalue weighted by molar-refractivity contribution is 7.43. The van der Waals surface area contributed by atoms with Crippen molar-refractivity contribution in [2.45, 2.75) is 65.7 Å². The zero-order valence-corrected chi connectivity index (χ0v) is 18.8. The Bertz CT molecular complexity index is 815. The molecular formula is C24H35NO3P+. The van der Waals surface area contributed by atoms with Crippen molar-refractivity contribution in [2.75, 3.05) is 0 Å². The van der Waals surface area contributed by atoms with E-state index in [1.54, 1.807) is 0 Å². The Morgan fingerprint density at radius 3 is 2.79 bits per heavy atom. The van der Waals surface area contributed by atoms with Gasteiger partial charge in [-0.25, -0.2) is 0 Å². The van der Waals surface area contributed by atoms with Gasteiger partial charge < -0.3 is 5.73 Å². The molecule has 3 N–H and O–H groups in total. The quantitative estimate of drug-likeness (QED) is 0.460. The third-order valence-electron chi connectivity index (χ3n) is 8.95. The Labute approximate surface area is 175 Å². The van der Waals surface area contributed by atoms with Crippen LogP contribution in [0.15, 0.2) is 35.2 Å². The van der Waals surface area contributed by atoms with Crippen LogP contribution in [0, 0.1) is 40.4 Å². The molecular weight excluding hydrogens is 381 g/mol. The third kappa shape index (κ3) is 3.18. The van der Waals surface area contributed by atoms with Gasteiger partial charge in [-0.3, -0.25) is 4.79 Å². The standard InChI is InChI=1S/C24H34NO3P/c1-4-5-18(22(25)26)20-9-8-19-17-7-6-15-14-16(29(27)28)10-12-23(15,2)21(17)11-13-24(19,20)3/h6,11,13-14,17-21H,4-5,7-10,12H2,1-3H3,(H2-,25,26,27,28)/p+1/t17-,18?,19-,20?,21+,23-,24-/m0/s1. The molecule has 0 aliphatic heterocycles. The van der Waals surface area contributed by atoms with Gasteiger partial charge in [-0.1, -0.05) is 45.4 Å². The molecule has 1 saturated carbocycles. The Balaban J connectivity index is 1.67. The van der Waals surface area contributed by atoms with Crippen LogP contribution in [-0.4, -0.2) is 10.8 Å². The predicted octanol–water partition coefficient (Wildman–Crippen LogP) is 5.47. The molecule has 0 radical (unpaired) electrons. The van der Waals surface area contributed by atoms with Crippen LogP contribution in [0.4, 0.5) is 0 Å². The minimum absolute atomic E-state index is 0.0255. The summed E-state index contributed by atoms with van der Waals surface area (Å²) in [4.78, 5) is 21.8. The number of allylic oxidation sites excluding steroid dienone is 6. The lowest BCUT2D eigenvalue weighted by atomic mass is 9.50. The number of amides is 1. The number of hydrogen-bond acceptors (Lipinski definition) is 2. The second-order valence-electron chi connectivity index (χ2n) is 10.2. The summed E-state index contributed by atoms with van der Waals surface area (Å²) in [7, 11) is -2.22. The maximum Gasteiger partial charge on any atom is 0.541 e. The van der Waals surface area contributed by atoms with E-state index in [1.165, 1.54) is 12.0 Å². The molecule has 0 bridgehead atoms. The zero-order valence-electron chi connectivity index (χ0n) is 17.9. The highest BCUT2D eigenvalue weighted by Crippen LogP contribution is 2.65. The average Bonchev–Trinajstić information content (AvgIpc) is 3.02. The first-order valence-electron chi connectivity index (χ1n) is 11.3. The van der Waals surface area contributed by atoms with Crippen LogP contribution in [-0.2, 0) is 9.36 Å². The summed E-state index contributed by atoms with van der Waals surface area (Å²) in [5.41, 5.74) is 7.17.